The number of unbranched alkanes of at least 4 members (excludes halogenated alkanes) is 6. The van der Waals surface area contributed by atoms with Gasteiger partial charge in [0.1, 0.15) is 5.75 Å². The minimum atomic E-state index is -0.141. The quantitative estimate of drug-likeness (QED) is 0.277. The molecule has 0 aliphatic carbocycles. The van der Waals surface area contributed by atoms with E-state index >= 15 is 0 Å². The van der Waals surface area contributed by atoms with Gasteiger partial charge >= 0.3 is 0 Å². The molecule has 0 saturated carbocycles. The number of hydrogen-bond donors (Lipinski definition) is 2. The maximum atomic E-state index is 12.1. The van der Waals surface area contributed by atoms with Crippen LogP contribution < -0.4 is 5.32 Å². The number of phenolic OH excluding ortho intramolecular Hbond substituents is 1. The Morgan fingerprint density at radius 3 is 2.48 bits per heavy atom. The molecular formula is C17H25NO3. The molecule has 0 unspecified atom stereocenters. The summed E-state index contributed by atoms with van der Waals surface area (Å²) in [4.78, 5) is 22.5. The highest BCUT2D eigenvalue weighted by Crippen LogP contribution is 2.28. The van der Waals surface area contributed by atoms with Crippen LogP contribution in [-0.4, -0.2) is 17.3 Å². The number of amides is 1. The molecule has 4 nitrogen and oxygen atoms in total. The fourth-order valence-corrected chi connectivity index (χ4v) is 2.33. The average molecular weight is 291 g/mol. The van der Waals surface area contributed by atoms with E-state index in [0.717, 1.165) is 19.3 Å². The molecule has 0 aliphatic heterocycles. The number of carbonyl (C=O) groups is 2. The van der Waals surface area contributed by atoms with Crippen molar-refractivity contribution in [1.29, 1.82) is 0 Å². The monoisotopic (exact) mass is 291 g/mol. The van der Waals surface area contributed by atoms with Crippen LogP contribution in [-0.2, 0) is 4.79 Å². The topological polar surface area (TPSA) is 66.4 Å². The van der Waals surface area contributed by atoms with Crippen molar-refractivity contribution in [2.24, 2.45) is 0 Å². The molecule has 0 aromatic heterocycles. The molecule has 0 heterocycles. The maximum absolute atomic E-state index is 12.1. The molecule has 0 saturated heterocycles. The van der Waals surface area contributed by atoms with Crippen molar-refractivity contribution < 1.29 is 14.7 Å². The summed E-state index contributed by atoms with van der Waals surface area (Å²) in [5.41, 5.74) is 0.559. The molecule has 21 heavy (non-hydrogen) atoms. The summed E-state index contributed by atoms with van der Waals surface area (Å²) in [7, 11) is 0. The zero-order valence-electron chi connectivity index (χ0n) is 12.7. The number of para-hydroxylation sites is 1. The zero-order valence-corrected chi connectivity index (χ0v) is 12.7. The highest BCUT2D eigenvalue weighted by molar-refractivity contribution is 6.00. The summed E-state index contributed by atoms with van der Waals surface area (Å²) in [6, 6.07) is 4.81. The lowest BCUT2D eigenvalue weighted by molar-refractivity contribution is -0.105. The number of hydrogen-bond acceptors (Lipinski definition) is 3. The van der Waals surface area contributed by atoms with Gasteiger partial charge in [-0.1, -0.05) is 51.5 Å². The first-order valence-corrected chi connectivity index (χ1v) is 7.76. The van der Waals surface area contributed by atoms with Crippen LogP contribution in [0.3, 0.4) is 0 Å². The number of Topliss-reactive ketones (excluding diaryl/α,β-unsaturated/α-hetero) is 1. The average Bonchev–Trinajstić information content (AvgIpc) is 2.48. The fraction of sp³-hybridized carbons (Fsp3) is 0.529. The predicted molar refractivity (Wildman–Crippen MR) is 84.7 cm³/mol. The van der Waals surface area contributed by atoms with Gasteiger partial charge in [-0.25, -0.2) is 0 Å². The van der Waals surface area contributed by atoms with Crippen LogP contribution in [0.5, 0.6) is 5.75 Å². The predicted octanol–water partition coefficient (Wildman–Crippen LogP) is 4.28. The molecule has 0 bridgehead atoms. The largest absolute Gasteiger partial charge is 0.505 e. The van der Waals surface area contributed by atoms with Gasteiger partial charge in [-0.2, -0.15) is 0 Å². The zero-order chi connectivity index (χ0) is 15.5. The Morgan fingerprint density at radius 2 is 1.81 bits per heavy atom. The normalized spacial score (nSPS) is 10.3. The van der Waals surface area contributed by atoms with E-state index in [4.69, 9.17) is 0 Å². The van der Waals surface area contributed by atoms with E-state index in [-0.39, 0.29) is 22.8 Å². The molecule has 2 N–H and O–H groups in total. The molecule has 0 radical (unpaired) electrons. The Labute approximate surface area is 126 Å². The van der Waals surface area contributed by atoms with Gasteiger partial charge in [0.25, 0.3) is 0 Å². The molecule has 0 aliphatic rings. The Bertz CT molecular complexity index is 457. The smallest absolute Gasteiger partial charge is 0.211 e. The fourth-order valence-electron chi connectivity index (χ4n) is 2.33. The first-order chi connectivity index (χ1) is 10.2. The van der Waals surface area contributed by atoms with Crippen LogP contribution in [0.4, 0.5) is 5.69 Å². The van der Waals surface area contributed by atoms with Crippen molar-refractivity contribution in [2.45, 2.75) is 58.3 Å². The van der Waals surface area contributed by atoms with E-state index in [1.54, 1.807) is 18.2 Å². The van der Waals surface area contributed by atoms with Gasteiger partial charge in [0.2, 0.25) is 6.41 Å². The Balaban J connectivity index is 2.38. The lowest BCUT2D eigenvalue weighted by Gasteiger charge is -2.08. The highest BCUT2D eigenvalue weighted by atomic mass is 16.3. The third-order valence-electron chi connectivity index (χ3n) is 3.56. The van der Waals surface area contributed by atoms with Gasteiger partial charge in [0.15, 0.2) is 5.78 Å². The molecule has 0 fully saturated rings. The lowest BCUT2D eigenvalue weighted by Crippen LogP contribution is -2.02. The number of rotatable bonds is 11. The summed E-state index contributed by atoms with van der Waals surface area (Å²) < 4.78 is 0. The van der Waals surface area contributed by atoms with Gasteiger partial charge in [-0.3, -0.25) is 9.59 Å². The third kappa shape index (κ3) is 5.98. The minimum absolute atomic E-state index is 0.0735. The van der Waals surface area contributed by atoms with Crippen LogP contribution in [0.25, 0.3) is 0 Å². The van der Waals surface area contributed by atoms with Crippen LogP contribution >= 0.6 is 0 Å². The summed E-state index contributed by atoms with van der Waals surface area (Å²) in [6.45, 7) is 2.19. The molecule has 1 aromatic carbocycles. The van der Waals surface area contributed by atoms with Crippen molar-refractivity contribution >= 4 is 17.9 Å². The minimum Gasteiger partial charge on any atom is -0.505 e. The molecular weight excluding hydrogens is 266 g/mol. The van der Waals surface area contributed by atoms with Crippen molar-refractivity contribution in [1.82, 2.24) is 0 Å². The molecule has 1 rings (SSSR count). The van der Waals surface area contributed by atoms with Gasteiger partial charge in [0, 0.05) is 6.42 Å². The van der Waals surface area contributed by atoms with Gasteiger partial charge in [0.05, 0.1) is 11.3 Å². The first kappa shape index (κ1) is 17.2. The Kier molecular flexibility index (Phi) is 8.17. The number of carbonyl (C=O) groups excluding carboxylic acids is 2. The Hall–Kier alpha value is -1.84. The molecule has 0 atom stereocenters. The van der Waals surface area contributed by atoms with Gasteiger partial charge in [-0.05, 0) is 18.6 Å². The summed E-state index contributed by atoms with van der Waals surface area (Å²) in [6.07, 6.45) is 8.98. The second-order valence-electron chi connectivity index (χ2n) is 5.26. The molecule has 1 aromatic rings. The van der Waals surface area contributed by atoms with Crippen molar-refractivity contribution in [3.8, 4) is 5.75 Å². The molecule has 1 amide bonds. The second kappa shape index (κ2) is 9.97. The van der Waals surface area contributed by atoms with Crippen molar-refractivity contribution in [2.75, 3.05) is 5.32 Å². The van der Waals surface area contributed by atoms with E-state index in [2.05, 4.69) is 12.2 Å². The van der Waals surface area contributed by atoms with Crippen molar-refractivity contribution in [3.05, 3.63) is 23.8 Å². The van der Waals surface area contributed by atoms with Crippen LogP contribution in [0, 0.1) is 0 Å². The van der Waals surface area contributed by atoms with E-state index in [1.807, 2.05) is 0 Å². The van der Waals surface area contributed by atoms with Gasteiger partial charge in [-0.15, -0.1) is 0 Å². The van der Waals surface area contributed by atoms with E-state index in [1.165, 1.54) is 25.7 Å². The Morgan fingerprint density at radius 1 is 1.14 bits per heavy atom. The lowest BCUT2D eigenvalue weighted by atomic mass is 10.0. The van der Waals surface area contributed by atoms with Gasteiger partial charge < -0.3 is 10.4 Å². The highest BCUT2D eigenvalue weighted by Gasteiger charge is 2.13. The molecule has 4 heteroatoms. The number of phenols is 1. The number of benzene rings is 1. The number of nitrogens with one attached hydrogen (secondary N) is 1. The molecule has 116 valence electrons. The molecule has 0 spiro atoms. The van der Waals surface area contributed by atoms with E-state index < -0.39 is 0 Å². The standard InChI is InChI=1S/C17H25NO3/c1-2-3-4-5-6-7-8-12-16(20)14-10-9-11-15(17(14)21)18-13-19/h9-11,13,21H,2-8,12H2,1H3,(H,18,19). The number of aromatic hydroxyl groups is 1. The second-order valence-corrected chi connectivity index (χ2v) is 5.26. The summed E-state index contributed by atoms with van der Waals surface area (Å²) >= 11 is 0. The van der Waals surface area contributed by atoms with E-state index in [0.29, 0.717) is 12.8 Å². The third-order valence-corrected chi connectivity index (χ3v) is 3.56. The maximum Gasteiger partial charge on any atom is 0.211 e. The number of ketones is 1. The van der Waals surface area contributed by atoms with E-state index in [9.17, 15) is 14.7 Å². The van der Waals surface area contributed by atoms with Crippen LogP contribution in [0.1, 0.15) is 68.6 Å². The first-order valence-electron chi connectivity index (χ1n) is 7.76. The number of anilines is 1. The summed E-state index contributed by atoms with van der Waals surface area (Å²) in [5, 5.41) is 12.3. The summed E-state index contributed by atoms with van der Waals surface area (Å²) in [5.74, 6) is -0.215. The van der Waals surface area contributed by atoms with Crippen LogP contribution in [0.2, 0.25) is 0 Å². The SMILES string of the molecule is CCCCCCCCCC(=O)c1cccc(NC=O)c1O. The van der Waals surface area contributed by atoms with Crippen molar-refractivity contribution in [3.63, 3.8) is 0 Å². The van der Waals surface area contributed by atoms with Crippen LogP contribution in [0.15, 0.2) is 18.2 Å².